The van der Waals surface area contributed by atoms with E-state index in [0.717, 1.165) is 53.8 Å². The average molecular weight is 374 g/mol. The normalized spacial score (nSPS) is 16.9. The molecule has 5 nitrogen and oxygen atoms in total. The van der Waals surface area contributed by atoms with Crippen LogP contribution in [0.5, 0.6) is 0 Å². The van der Waals surface area contributed by atoms with Crippen molar-refractivity contribution in [3.05, 3.63) is 71.3 Å². The van der Waals surface area contributed by atoms with Crippen LogP contribution in [0.15, 0.2) is 48.9 Å². The van der Waals surface area contributed by atoms with Crippen molar-refractivity contribution in [3.63, 3.8) is 0 Å². The van der Waals surface area contributed by atoms with Gasteiger partial charge in [0.2, 0.25) is 5.91 Å². The fourth-order valence-corrected chi connectivity index (χ4v) is 4.05. The van der Waals surface area contributed by atoms with Gasteiger partial charge in [-0.2, -0.15) is 5.10 Å². The number of carbonyl (C=O) groups is 1. The molecule has 3 heterocycles. The number of H-pyrrole nitrogens is 1. The Morgan fingerprint density at radius 1 is 1.11 bits per heavy atom. The van der Waals surface area contributed by atoms with Crippen LogP contribution in [-0.4, -0.2) is 32.5 Å². The van der Waals surface area contributed by atoms with Crippen LogP contribution in [0.25, 0.3) is 11.1 Å². The lowest BCUT2D eigenvalue weighted by atomic mass is 9.93. The number of hydrogen-bond donors (Lipinski definition) is 1. The molecule has 1 aliphatic heterocycles. The highest BCUT2D eigenvalue weighted by molar-refractivity contribution is 5.80. The van der Waals surface area contributed by atoms with Gasteiger partial charge in [-0.3, -0.25) is 14.9 Å². The van der Waals surface area contributed by atoms with Gasteiger partial charge in [0.15, 0.2) is 0 Å². The molecule has 3 aromatic rings. The molecule has 0 bridgehead atoms. The fraction of sp³-hybridized carbons (Fsp3) is 0.348. The molecule has 4 rings (SSSR count). The highest BCUT2D eigenvalue weighted by Gasteiger charge is 2.31. The highest BCUT2D eigenvalue weighted by atomic mass is 16.2. The van der Waals surface area contributed by atoms with Gasteiger partial charge in [0.25, 0.3) is 0 Å². The van der Waals surface area contributed by atoms with E-state index in [2.05, 4.69) is 41.2 Å². The summed E-state index contributed by atoms with van der Waals surface area (Å²) in [6.07, 6.45) is 9.11. The zero-order valence-electron chi connectivity index (χ0n) is 16.5. The molecule has 1 amide bonds. The van der Waals surface area contributed by atoms with Crippen LogP contribution >= 0.6 is 0 Å². The van der Waals surface area contributed by atoms with Gasteiger partial charge in [-0.1, -0.05) is 29.8 Å². The Morgan fingerprint density at radius 3 is 2.71 bits per heavy atom. The minimum Gasteiger partial charge on any atom is -0.334 e. The second kappa shape index (κ2) is 7.97. The SMILES string of the molecule is Cc1ccc(CC(=O)N2CCCCC2c2[nH]ncc2-c2ccncc2C)cc1. The summed E-state index contributed by atoms with van der Waals surface area (Å²) in [6, 6.07) is 10.3. The van der Waals surface area contributed by atoms with Crippen LogP contribution in [0.3, 0.4) is 0 Å². The first-order chi connectivity index (χ1) is 13.6. The first-order valence-corrected chi connectivity index (χ1v) is 9.93. The number of pyridine rings is 1. The van der Waals surface area contributed by atoms with Crippen molar-refractivity contribution in [2.75, 3.05) is 6.54 Å². The number of likely N-dealkylation sites (tertiary alicyclic amines) is 1. The van der Waals surface area contributed by atoms with E-state index in [4.69, 9.17) is 0 Å². The van der Waals surface area contributed by atoms with Gasteiger partial charge in [-0.25, -0.2) is 0 Å². The van der Waals surface area contributed by atoms with Gasteiger partial charge in [-0.15, -0.1) is 0 Å². The molecule has 2 aromatic heterocycles. The molecule has 5 heteroatoms. The van der Waals surface area contributed by atoms with E-state index in [9.17, 15) is 4.79 Å². The minimum atomic E-state index is 0.0387. The van der Waals surface area contributed by atoms with Gasteiger partial charge in [-0.05, 0) is 55.9 Å². The van der Waals surface area contributed by atoms with E-state index in [0.29, 0.717) is 6.42 Å². The smallest absolute Gasteiger partial charge is 0.227 e. The van der Waals surface area contributed by atoms with Gasteiger partial charge >= 0.3 is 0 Å². The third-order valence-corrected chi connectivity index (χ3v) is 5.61. The number of aryl methyl sites for hydroxylation is 2. The quantitative estimate of drug-likeness (QED) is 0.737. The summed E-state index contributed by atoms with van der Waals surface area (Å²) < 4.78 is 0. The summed E-state index contributed by atoms with van der Waals surface area (Å²) in [6.45, 7) is 4.91. The topological polar surface area (TPSA) is 61.9 Å². The van der Waals surface area contributed by atoms with Crippen LogP contribution in [0.1, 0.15) is 47.7 Å². The molecule has 0 radical (unpaired) electrons. The number of carbonyl (C=O) groups excluding carboxylic acids is 1. The molecule has 1 saturated heterocycles. The number of aromatic nitrogens is 3. The molecule has 1 fully saturated rings. The average Bonchev–Trinajstić information content (AvgIpc) is 3.19. The van der Waals surface area contributed by atoms with Gasteiger partial charge in [0.1, 0.15) is 0 Å². The van der Waals surface area contributed by atoms with E-state index in [1.165, 1.54) is 5.56 Å². The molecule has 0 aliphatic carbocycles. The van der Waals surface area contributed by atoms with E-state index in [-0.39, 0.29) is 11.9 Å². The Morgan fingerprint density at radius 2 is 1.93 bits per heavy atom. The summed E-state index contributed by atoms with van der Waals surface area (Å²) in [5.74, 6) is 0.181. The van der Waals surface area contributed by atoms with E-state index >= 15 is 0 Å². The number of benzene rings is 1. The maximum absolute atomic E-state index is 13.2. The van der Waals surface area contributed by atoms with Crippen molar-refractivity contribution >= 4 is 5.91 Å². The van der Waals surface area contributed by atoms with Crippen LogP contribution in [0.4, 0.5) is 0 Å². The molecule has 28 heavy (non-hydrogen) atoms. The minimum absolute atomic E-state index is 0.0387. The lowest BCUT2D eigenvalue weighted by Gasteiger charge is -2.36. The fourth-order valence-electron chi connectivity index (χ4n) is 4.05. The van der Waals surface area contributed by atoms with E-state index < -0.39 is 0 Å². The summed E-state index contributed by atoms with van der Waals surface area (Å²) in [5, 5.41) is 7.51. The van der Waals surface area contributed by atoms with Crippen LogP contribution in [0.2, 0.25) is 0 Å². The van der Waals surface area contributed by atoms with Gasteiger partial charge in [0.05, 0.1) is 24.4 Å². The Balaban J connectivity index is 1.61. The molecule has 0 spiro atoms. The molecule has 1 aromatic carbocycles. The summed E-state index contributed by atoms with van der Waals surface area (Å²) in [5.41, 5.74) is 6.61. The molecule has 1 atom stereocenters. The summed E-state index contributed by atoms with van der Waals surface area (Å²) in [7, 11) is 0. The number of nitrogens with one attached hydrogen (secondary N) is 1. The lowest BCUT2D eigenvalue weighted by Crippen LogP contribution is -2.39. The Hall–Kier alpha value is -2.95. The van der Waals surface area contributed by atoms with Crippen molar-refractivity contribution in [3.8, 4) is 11.1 Å². The molecular weight excluding hydrogens is 348 g/mol. The summed E-state index contributed by atoms with van der Waals surface area (Å²) >= 11 is 0. The van der Waals surface area contributed by atoms with Crippen molar-refractivity contribution in [1.29, 1.82) is 0 Å². The second-order valence-corrected chi connectivity index (χ2v) is 7.65. The zero-order chi connectivity index (χ0) is 19.5. The third kappa shape index (κ3) is 3.70. The lowest BCUT2D eigenvalue weighted by molar-refractivity contribution is -0.134. The van der Waals surface area contributed by atoms with Crippen molar-refractivity contribution in [2.24, 2.45) is 0 Å². The predicted octanol–water partition coefficient (Wildman–Crippen LogP) is 4.38. The maximum Gasteiger partial charge on any atom is 0.227 e. The first-order valence-electron chi connectivity index (χ1n) is 9.93. The van der Waals surface area contributed by atoms with Gasteiger partial charge < -0.3 is 4.90 Å². The summed E-state index contributed by atoms with van der Waals surface area (Å²) in [4.78, 5) is 19.4. The maximum atomic E-state index is 13.2. The van der Waals surface area contributed by atoms with Gasteiger partial charge in [0, 0.05) is 24.5 Å². The van der Waals surface area contributed by atoms with Crippen molar-refractivity contribution in [2.45, 2.75) is 45.6 Å². The van der Waals surface area contributed by atoms with Crippen LogP contribution in [-0.2, 0) is 11.2 Å². The molecule has 1 N–H and O–H groups in total. The van der Waals surface area contributed by atoms with Crippen LogP contribution < -0.4 is 0 Å². The molecule has 144 valence electrons. The molecule has 0 saturated carbocycles. The molecule has 1 aliphatic rings. The highest BCUT2D eigenvalue weighted by Crippen LogP contribution is 2.36. The van der Waals surface area contributed by atoms with E-state index in [1.54, 1.807) is 6.20 Å². The number of piperidine rings is 1. The zero-order valence-corrected chi connectivity index (χ0v) is 16.5. The monoisotopic (exact) mass is 374 g/mol. The van der Waals surface area contributed by atoms with Crippen LogP contribution in [0, 0.1) is 13.8 Å². The molecule has 1 unspecified atom stereocenters. The van der Waals surface area contributed by atoms with Crippen molar-refractivity contribution < 1.29 is 4.79 Å². The Labute approximate surface area is 165 Å². The number of amides is 1. The van der Waals surface area contributed by atoms with Crippen molar-refractivity contribution in [1.82, 2.24) is 20.1 Å². The first kappa shape index (κ1) is 18.4. The third-order valence-electron chi connectivity index (χ3n) is 5.61. The number of rotatable bonds is 4. The standard InChI is InChI=1S/C23H26N4O/c1-16-6-8-18(9-7-16)13-22(28)27-12-4-3-5-21(27)23-20(15-25-26-23)19-10-11-24-14-17(19)2/h6-11,14-15,21H,3-5,12-13H2,1-2H3,(H,25,26). The molecular formula is C23H26N4O. The Kier molecular flexibility index (Phi) is 5.24. The van der Waals surface area contributed by atoms with E-state index in [1.807, 2.05) is 35.5 Å². The second-order valence-electron chi connectivity index (χ2n) is 7.65. The number of hydrogen-bond acceptors (Lipinski definition) is 3. The predicted molar refractivity (Wildman–Crippen MR) is 110 cm³/mol. The number of aromatic amines is 1. The number of nitrogens with zero attached hydrogens (tertiary/aromatic N) is 3. The Bertz CT molecular complexity index is 961. The largest absolute Gasteiger partial charge is 0.334 e.